The van der Waals surface area contributed by atoms with Crippen molar-refractivity contribution in [3.63, 3.8) is 0 Å². The van der Waals surface area contributed by atoms with Gasteiger partial charge in [0.25, 0.3) is 0 Å². The first-order chi connectivity index (χ1) is 18.0. The standard InChI is InChI=1S/C27H35N3O7S/c1-17(2)13-23(27(33)36-5)30(26(32)22(29-18(3)31)14-19-9-7-6-8-10-19)24-16-37-25-12-11-20(15-21(24)25)38(34,35)28-4/h6-12,15,17,22-24,28H,13-14,16H2,1-5H3,(H,29,31)/t22?,23-,24+/m0/s1. The maximum absolute atomic E-state index is 14.3. The molecule has 0 aromatic heterocycles. The summed E-state index contributed by atoms with van der Waals surface area (Å²) in [6.45, 7) is 5.17. The zero-order chi connectivity index (χ0) is 28.0. The highest BCUT2D eigenvalue weighted by molar-refractivity contribution is 7.89. The van der Waals surface area contributed by atoms with Crippen LogP contribution >= 0.6 is 0 Å². The van der Waals surface area contributed by atoms with Crippen molar-refractivity contribution < 1.29 is 32.3 Å². The van der Waals surface area contributed by atoms with Crippen LogP contribution in [0.25, 0.3) is 0 Å². The molecule has 0 fully saturated rings. The van der Waals surface area contributed by atoms with Gasteiger partial charge in [0.2, 0.25) is 21.8 Å². The van der Waals surface area contributed by atoms with Crippen LogP contribution in [-0.4, -0.2) is 63.9 Å². The highest BCUT2D eigenvalue weighted by Crippen LogP contribution is 2.40. The monoisotopic (exact) mass is 545 g/mol. The van der Waals surface area contributed by atoms with Gasteiger partial charge in [0.05, 0.1) is 18.0 Å². The number of hydrogen-bond acceptors (Lipinski definition) is 7. The number of methoxy groups -OCH3 is 1. The van der Waals surface area contributed by atoms with Crippen LogP contribution in [0.15, 0.2) is 53.4 Å². The fourth-order valence-corrected chi connectivity index (χ4v) is 5.36. The number of carbonyl (C=O) groups is 3. The van der Waals surface area contributed by atoms with Crippen LogP contribution in [0.1, 0.15) is 44.4 Å². The summed E-state index contributed by atoms with van der Waals surface area (Å²) in [5.41, 5.74) is 1.28. The third-order valence-electron chi connectivity index (χ3n) is 6.37. The molecule has 3 rings (SSSR count). The summed E-state index contributed by atoms with van der Waals surface area (Å²) in [7, 11) is -1.22. The Bertz CT molecular complexity index is 1260. The van der Waals surface area contributed by atoms with Crippen molar-refractivity contribution in [1.29, 1.82) is 0 Å². The van der Waals surface area contributed by atoms with Gasteiger partial charge in [-0.3, -0.25) is 9.59 Å². The summed E-state index contributed by atoms with van der Waals surface area (Å²) in [6, 6.07) is 10.9. The first-order valence-corrected chi connectivity index (χ1v) is 13.9. The van der Waals surface area contributed by atoms with Crippen LogP contribution in [-0.2, 0) is 35.6 Å². The van der Waals surface area contributed by atoms with E-state index in [1.54, 1.807) is 0 Å². The van der Waals surface area contributed by atoms with Crippen LogP contribution in [0.2, 0.25) is 0 Å². The number of fused-ring (bicyclic) bond motifs is 1. The summed E-state index contributed by atoms with van der Waals surface area (Å²) < 4.78 is 38.3. The van der Waals surface area contributed by atoms with Crippen molar-refractivity contribution in [2.24, 2.45) is 5.92 Å². The van der Waals surface area contributed by atoms with Crippen molar-refractivity contribution >= 4 is 27.8 Å². The molecule has 2 amide bonds. The van der Waals surface area contributed by atoms with E-state index in [1.807, 2.05) is 44.2 Å². The van der Waals surface area contributed by atoms with Gasteiger partial charge in [-0.15, -0.1) is 0 Å². The molecule has 0 saturated heterocycles. The quantitative estimate of drug-likeness (QED) is 0.414. The van der Waals surface area contributed by atoms with E-state index in [2.05, 4.69) is 10.0 Å². The number of benzene rings is 2. The van der Waals surface area contributed by atoms with Gasteiger partial charge in [0, 0.05) is 18.9 Å². The predicted octanol–water partition coefficient (Wildman–Crippen LogP) is 2.19. The maximum atomic E-state index is 14.3. The van der Waals surface area contributed by atoms with Gasteiger partial charge in [0.1, 0.15) is 24.4 Å². The maximum Gasteiger partial charge on any atom is 0.328 e. The molecule has 206 valence electrons. The zero-order valence-electron chi connectivity index (χ0n) is 22.3. The fraction of sp³-hybridized carbons (Fsp3) is 0.444. The highest BCUT2D eigenvalue weighted by Gasteiger charge is 2.43. The van der Waals surface area contributed by atoms with Crippen molar-refractivity contribution in [2.45, 2.75) is 56.6 Å². The normalized spacial score (nSPS) is 16.2. The third-order valence-corrected chi connectivity index (χ3v) is 7.78. The summed E-state index contributed by atoms with van der Waals surface area (Å²) in [5.74, 6) is -1.08. The molecule has 2 aromatic rings. The van der Waals surface area contributed by atoms with Crippen LogP contribution in [0, 0.1) is 5.92 Å². The molecule has 2 N–H and O–H groups in total. The lowest BCUT2D eigenvalue weighted by Crippen LogP contribution is -2.56. The molecular weight excluding hydrogens is 510 g/mol. The molecule has 1 aliphatic rings. The first-order valence-electron chi connectivity index (χ1n) is 12.4. The van der Waals surface area contributed by atoms with Crippen LogP contribution in [0.3, 0.4) is 0 Å². The number of carbonyl (C=O) groups excluding carboxylic acids is 3. The second-order valence-corrected chi connectivity index (χ2v) is 11.5. The number of nitrogens with one attached hydrogen (secondary N) is 2. The summed E-state index contributed by atoms with van der Waals surface area (Å²) in [6.07, 6.45) is 0.483. The smallest absolute Gasteiger partial charge is 0.328 e. The molecule has 0 radical (unpaired) electrons. The van der Waals surface area contributed by atoms with Crippen LogP contribution in [0.4, 0.5) is 0 Å². The van der Waals surface area contributed by atoms with Crippen molar-refractivity contribution in [3.05, 3.63) is 59.7 Å². The van der Waals surface area contributed by atoms with E-state index >= 15 is 0 Å². The molecule has 1 heterocycles. The van der Waals surface area contributed by atoms with Gasteiger partial charge in [-0.1, -0.05) is 44.2 Å². The number of ether oxygens (including phenoxy) is 2. The molecule has 0 saturated carbocycles. The van der Waals surface area contributed by atoms with Crippen LogP contribution < -0.4 is 14.8 Å². The molecule has 0 spiro atoms. The Morgan fingerprint density at radius 1 is 1.13 bits per heavy atom. The van der Waals surface area contributed by atoms with E-state index in [0.29, 0.717) is 11.3 Å². The Kier molecular flexibility index (Phi) is 9.50. The largest absolute Gasteiger partial charge is 0.491 e. The zero-order valence-corrected chi connectivity index (χ0v) is 23.1. The Hall–Kier alpha value is -3.44. The van der Waals surface area contributed by atoms with E-state index in [9.17, 15) is 22.8 Å². The van der Waals surface area contributed by atoms with E-state index in [1.165, 1.54) is 44.2 Å². The lowest BCUT2D eigenvalue weighted by atomic mass is 9.96. The van der Waals surface area contributed by atoms with Gasteiger partial charge in [-0.05, 0) is 43.1 Å². The Morgan fingerprint density at radius 3 is 2.39 bits per heavy atom. The van der Waals surface area contributed by atoms with Crippen molar-refractivity contribution in [1.82, 2.24) is 14.9 Å². The van der Waals surface area contributed by atoms with E-state index in [-0.39, 0.29) is 30.3 Å². The predicted molar refractivity (Wildman–Crippen MR) is 141 cm³/mol. The number of rotatable bonds is 11. The van der Waals surface area contributed by atoms with E-state index in [4.69, 9.17) is 9.47 Å². The molecule has 0 bridgehead atoms. The minimum atomic E-state index is -3.78. The van der Waals surface area contributed by atoms with E-state index in [0.717, 1.165) is 5.56 Å². The van der Waals surface area contributed by atoms with Crippen LogP contribution in [0.5, 0.6) is 5.75 Å². The number of amides is 2. The minimum absolute atomic E-state index is 0.00261. The number of esters is 1. The number of sulfonamides is 1. The summed E-state index contributed by atoms with van der Waals surface area (Å²) in [4.78, 5) is 40.9. The second kappa shape index (κ2) is 12.4. The van der Waals surface area contributed by atoms with Crippen molar-refractivity contribution in [3.8, 4) is 5.75 Å². The van der Waals surface area contributed by atoms with E-state index < -0.39 is 45.9 Å². The molecular formula is C27H35N3O7S. The Labute approximate surface area is 223 Å². The molecule has 0 aliphatic carbocycles. The first kappa shape index (κ1) is 29.1. The molecule has 11 heteroatoms. The molecule has 1 unspecified atom stereocenters. The molecule has 3 atom stereocenters. The third kappa shape index (κ3) is 6.70. The van der Waals surface area contributed by atoms with Gasteiger partial charge in [-0.2, -0.15) is 0 Å². The lowest BCUT2D eigenvalue weighted by Gasteiger charge is -2.37. The average molecular weight is 546 g/mol. The molecule has 10 nitrogen and oxygen atoms in total. The lowest BCUT2D eigenvalue weighted by molar-refractivity contribution is -0.157. The average Bonchev–Trinajstić information content (AvgIpc) is 3.30. The minimum Gasteiger partial charge on any atom is -0.491 e. The second-order valence-electron chi connectivity index (χ2n) is 9.59. The van der Waals surface area contributed by atoms with Gasteiger partial charge in [0.15, 0.2) is 0 Å². The topological polar surface area (TPSA) is 131 Å². The van der Waals surface area contributed by atoms with Gasteiger partial charge in [-0.25, -0.2) is 17.9 Å². The summed E-state index contributed by atoms with van der Waals surface area (Å²) >= 11 is 0. The fourth-order valence-electron chi connectivity index (χ4n) is 4.60. The highest BCUT2D eigenvalue weighted by atomic mass is 32.2. The van der Waals surface area contributed by atoms with Gasteiger partial charge < -0.3 is 19.7 Å². The molecule has 1 aliphatic heterocycles. The Balaban J connectivity index is 2.14. The number of hydrogen-bond donors (Lipinski definition) is 2. The van der Waals surface area contributed by atoms with Crippen molar-refractivity contribution in [2.75, 3.05) is 20.8 Å². The number of nitrogens with zero attached hydrogens (tertiary/aromatic N) is 1. The Morgan fingerprint density at radius 2 is 1.82 bits per heavy atom. The summed E-state index contributed by atoms with van der Waals surface area (Å²) in [5, 5.41) is 2.74. The molecule has 2 aromatic carbocycles. The SMILES string of the molecule is CNS(=O)(=O)c1ccc2c(c1)[C@H](N(C(=O)C(Cc1ccccc1)NC(C)=O)[C@@H](CC(C)C)C(=O)OC)CO2. The molecule has 38 heavy (non-hydrogen) atoms. The van der Waals surface area contributed by atoms with Gasteiger partial charge >= 0.3 is 5.97 Å².